The molecule has 0 aliphatic rings. The van der Waals surface area contributed by atoms with Gasteiger partial charge in [-0.2, -0.15) is 0 Å². The molecular weight excluding hydrogens is 494 g/mol. The molecular formula is C40H27N. The Bertz CT molecular complexity index is 2200. The Morgan fingerprint density at radius 1 is 0.415 bits per heavy atom. The highest BCUT2D eigenvalue weighted by Crippen LogP contribution is 2.46. The molecule has 0 atom stereocenters. The van der Waals surface area contributed by atoms with E-state index < -0.39 is 0 Å². The Balaban J connectivity index is 1.47. The molecule has 1 aromatic heterocycles. The average molecular weight is 522 g/mol. The molecule has 0 aliphatic carbocycles. The van der Waals surface area contributed by atoms with E-state index >= 15 is 0 Å². The van der Waals surface area contributed by atoms with Crippen LogP contribution >= 0.6 is 0 Å². The molecule has 0 saturated carbocycles. The van der Waals surface area contributed by atoms with Gasteiger partial charge in [0, 0.05) is 11.8 Å². The molecule has 0 radical (unpaired) electrons. The summed E-state index contributed by atoms with van der Waals surface area (Å²) in [7, 11) is 0. The van der Waals surface area contributed by atoms with E-state index in [1.54, 1.807) is 0 Å². The number of aryl methyl sites for hydroxylation is 1. The maximum Gasteiger partial charge on any atom is 0.0708 e. The zero-order chi connectivity index (χ0) is 27.3. The second-order valence-electron chi connectivity index (χ2n) is 10.8. The lowest BCUT2D eigenvalue weighted by Gasteiger charge is -2.19. The third kappa shape index (κ3) is 3.82. The van der Waals surface area contributed by atoms with Crippen LogP contribution in [0.5, 0.6) is 0 Å². The molecule has 8 aromatic rings. The summed E-state index contributed by atoms with van der Waals surface area (Å²) in [6.45, 7) is 2.15. The number of nitrogens with zero attached hydrogens (tertiary/aromatic N) is 1. The standard InChI is InChI=1S/C40H27N/c1-26-17-18-28-25-29(20-19-27(28)24-26)39-33-12-4-6-14-35(33)40(36-15-7-5-13-34(36)39)37-22-21-32(38-16-8-9-23-41-38)30-10-2-3-11-31(30)37/h2-25H,1H3. The van der Waals surface area contributed by atoms with E-state index in [-0.39, 0.29) is 0 Å². The summed E-state index contributed by atoms with van der Waals surface area (Å²) < 4.78 is 0. The Labute approximate surface area is 239 Å². The van der Waals surface area contributed by atoms with Gasteiger partial charge in [0.1, 0.15) is 0 Å². The second kappa shape index (κ2) is 9.43. The largest absolute Gasteiger partial charge is 0.256 e. The van der Waals surface area contributed by atoms with Crippen LogP contribution in [-0.2, 0) is 0 Å². The minimum atomic E-state index is 0.992. The Kier molecular flexibility index (Phi) is 5.43. The Morgan fingerprint density at radius 3 is 1.61 bits per heavy atom. The number of rotatable bonds is 3. The van der Waals surface area contributed by atoms with Crippen molar-refractivity contribution in [2.45, 2.75) is 6.92 Å². The summed E-state index contributed by atoms with van der Waals surface area (Å²) in [5, 5.41) is 10.1. The molecule has 0 saturated heterocycles. The predicted octanol–water partition coefficient (Wildman–Crippen LogP) is 11.0. The Hall–Kier alpha value is -5.27. The number of pyridine rings is 1. The number of benzene rings is 7. The molecule has 0 spiro atoms. The van der Waals surface area contributed by atoms with Gasteiger partial charge in [0.15, 0.2) is 0 Å². The molecule has 0 unspecified atom stereocenters. The summed E-state index contributed by atoms with van der Waals surface area (Å²) >= 11 is 0. The van der Waals surface area contributed by atoms with Crippen molar-refractivity contribution in [1.29, 1.82) is 0 Å². The van der Waals surface area contributed by atoms with E-state index in [2.05, 4.69) is 145 Å². The van der Waals surface area contributed by atoms with Gasteiger partial charge in [0.05, 0.1) is 5.69 Å². The molecule has 0 bridgehead atoms. The predicted molar refractivity (Wildman–Crippen MR) is 175 cm³/mol. The van der Waals surface area contributed by atoms with Crippen molar-refractivity contribution < 1.29 is 0 Å². The Morgan fingerprint density at radius 2 is 0.951 bits per heavy atom. The van der Waals surface area contributed by atoms with Crippen LogP contribution in [0.3, 0.4) is 0 Å². The molecule has 1 nitrogen and oxygen atoms in total. The lowest BCUT2D eigenvalue weighted by molar-refractivity contribution is 1.33. The van der Waals surface area contributed by atoms with Gasteiger partial charge in [0.25, 0.3) is 0 Å². The molecule has 0 fully saturated rings. The van der Waals surface area contributed by atoms with Gasteiger partial charge in [-0.15, -0.1) is 0 Å². The lowest BCUT2D eigenvalue weighted by atomic mass is 9.84. The van der Waals surface area contributed by atoms with Crippen LogP contribution < -0.4 is 0 Å². The summed E-state index contributed by atoms with van der Waals surface area (Å²) in [4.78, 5) is 4.67. The van der Waals surface area contributed by atoms with Crippen LogP contribution in [0.1, 0.15) is 5.56 Å². The second-order valence-corrected chi connectivity index (χ2v) is 10.8. The number of aromatic nitrogens is 1. The van der Waals surface area contributed by atoms with Gasteiger partial charge in [-0.25, -0.2) is 0 Å². The molecule has 8 rings (SSSR count). The van der Waals surface area contributed by atoms with Gasteiger partial charge >= 0.3 is 0 Å². The highest BCUT2D eigenvalue weighted by molar-refractivity contribution is 6.24. The van der Waals surface area contributed by atoms with Crippen LogP contribution in [0, 0.1) is 6.92 Å². The van der Waals surface area contributed by atoms with E-state index in [1.165, 1.54) is 70.9 Å². The minimum Gasteiger partial charge on any atom is -0.256 e. The quantitative estimate of drug-likeness (QED) is 0.211. The van der Waals surface area contributed by atoms with Crippen molar-refractivity contribution in [2.24, 2.45) is 0 Å². The van der Waals surface area contributed by atoms with Crippen LogP contribution in [0.4, 0.5) is 0 Å². The van der Waals surface area contributed by atoms with E-state index in [0.717, 1.165) is 11.3 Å². The third-order valence-corrected chi connectivity index (χ3v) is 8.35. The molecule has 41 heavy (non-hydrogen) atoms. The molecule has 1 heteroatoms. The van der Waals surface area contributed by atoms with Crippen LogP contribution in [-0.4, -0.2) is 4.98 Å². The first-order chi connectivity index (χ1) is 20.3. The smallest absolute Gasteiger partial charge is 0.0708 e. The van der Waals surface area contributed by atoms with Crippen LogP contribution in [0.25, 0.3) is 76.6 Å². The van der Waals surface area contributed by atoms with Crippen molar-refractivity contribution >= 4 is 43.1 Å². The number of hydrogen-bond acceptors (Lipinski definition) is 1. The molecule has 0 N–H and O–H groups in total. The summed E-state index contributed by atoms with van der Waals surface area (Å²) in [5.74, 6) is 0. The SMILES string of the molecule is Cc1ccc2cc(-c3c4ccccc4c(-c4ccc(-c5ccccn5)c5ccccc45)c4ccccc34)ccc2c1. The van der Waals surface area contributed by atoms with Gasteiger partial charge in [-0.1, -0.05) is 127 Å². The summed E-state index contributed by atoms with van der Waals surface area (Å²) in [6, 6.07) is 50.8. The third-order valence-electron chi connectivity index (χ3n) is 8.35. The van der Waals surface area contributed by atoms with E-state index in [0.29, 0.717) is 0 Å². The zero-order valence-electron chi connectivity index (χ0n) is 22.8. The van der Waals surface area contributed by atoms with Crippen molar-refractivity contribution in [3.63, 3.8) is 0 Å². The molecule has 7 aromatic carbocycles. The highest BCUT2D eigenvalue weighted by Gasteiger charge is 2.19. The fourth-order valence-electron chi connectivity index (χ4n) is 6.51. The maximum absolute atomic E-state index is 4.67. The van der Waals surface area contributed by atoms with E-state index in [4.69, 9.17) is 0 Å². The first-order valence-electron chi connectivity index (χ1n) is 14.1. The van der Waals surface area contributed by atoms with Gasteiger partial charge in [0.2, 0.25) is 0 Å². The number of hydrogen-bond donors (Lipinski definition) is 0. The zero-order valence-corrected chi connectivity index (χ0v) is 22.8. The maximum atomic E-state index is 4.67. The monoisotopic (exact) mass is 521 g/mol. The van der Waals surface area contributed by atoms with Crippen molar-refractivity contribution in [2.75, 3.05) is 0 Å². The fourth-order valence-corrected chi connectivity index (χ4v) is 6.51. The first-order valence-corrected chi connectivity index (χ1v) is 14.1. The minimum absolute atomic E-state index is 0.992. The molecule has 192 valence electrons. The van der Waals surface area contributed by atoms with Crippen molar-refractivity contribution in [3.8, 4) is 33.5 Å². The lowest BCUT2D eigenvalue weighted by Crippen LogP contribution is -1.93. The topological polar surface area (TPSA) is 12.9 Å². The summed E-state index contributed by atoms with van der Waals surface area (Å²) in [5.41, 5.74) is 8.49. The van der Waals surface area contributed by atoms with Crippen molar-refractivity contribution in [3.05, 3.63) is 151 Å². The first kappa shape index (κ1) is 23.6. The van der Waals surface area contributed by atoms with Crippen LogP contribution in [0.15, 0.2) is 146 Å². The number of fused-ring (bicyclic) bond motifs is 4. The van der Waals surface area contributed by atoms with E-state index in [1.807, 2.05) is 12.3 Å². The molecule has 0 amide bonds. The van der Waals surface area contributed by atoms with Crippen molar-refractivity contribution in [1.82, 2.24) is 4.98 Å². The van der Waals surface area contributed by atoms with Gasteiger partial charge in [-0.3, -0.25) is 4.98 Å². The molecule has 0 aliphatic heterocycles. The molecule has 1 heterocycles. The summed E-state index contributed by atoms with van der Waals surface area (Å²) in [6.07, 6.45) is 1.87. The highest BCUT2D eigenvalue weighted by atomic mass is 14.7. The normalized spacial score (nSPS) is 11.5. The van der Waals surface area contributed by atoms with E-state index in [9.17, 15) is 0 Å². The van der Waals surface area contributed by atoms with Gasteiger partial charge in [-0.05, 0) is 90.5 Å². The average Bonchev–Trinajstić information content (AvgIpc) is 3.03. The van der Waals surface area contributed by atoms with Gasteiger partial charge < -0.3 is 0 Å². The van der Waals surface area contributed by atoms with Crippen LogP contribution in [0.2, 0.25) is 0 Å². The fraction of sp³-hybridized carbons (Fsp3) is 0.0250.